The zero-order valence-corrected chi connectivity index (χ0v) is 37.4. The third-order valence-corrected chi connectivity index (χ3v) is 12.2. The number of benzene rings is 1. The van der Waals surface area contributed by atoms with Crippen molar-refractivity contribution in [3.63, 3.8) is 0 Å². The minimum atomic E-state index is -4.53. The number of rotatable bonds is 22. The summed E-state index contributed by atoms with van der Waals surface area (Å²) in [5.74, 6) is -7.04. The molecular formula is C41H58ClN9O10S. The highest BCUT2D eigenvalue weighted by atomic mass is 35.5. The zero-order valence-electron chi connectivity index (χ0n) is 35.8. The summed E-state index contributed by atoms with van der Waals surface area (Å²) >= 11 is 6.07. The van der Waals surface area contributed by atoms with Crippen molar-refractivity contribution in [2.45, 2.75) is 128 Å². The van der Waals surface area contributed by atoms with Gasteiger partial charge in [-0.25, -0.2) is 18.1 Å². The molecule has 5 atom stereocenters. The van der Waals surface area contributed by atoms with Gasteiger partial charge in [0, 0.05) is 25.0 Å². The Kier molecular flexibility index (Phi) is 19.9. The first-order valence-corrected chi connectivity index (χ1v) is 22.5. The van der Waals surface area contributed by atoms with Crippen LogP contribution >= 0.6 is 11.6 Å². The van der Waals surface area contributed by atoms with Crippen LogP contribution in [0.2, 0.25) is 5.02 Å². The van der Waals surface area contributed by atoms with Crippen LogP contribution in [-0.4, -0.2) is 96.2 Å². The Morgan fingerprint density at radius 3 is 2.06 bits per heavy atom. The molecule has 0 bridgehead atoms. The summed E-state index contributed by atoms with van der Waals surface area (Å²) in [6.45, 7) is 9.20. The van der Waals surface area contributed by atoms with Crippen LogP contribution in [0, 0.1) is 17.8 Å². The van der Waals surface area contributed by atoms with Crippen LogP contribution in [0.5, 0.6) is 0 Å². The van der Waals surface area contributed by atoms with Crippen molar-refractivity contribution in [1.29, 1.82) is 0 Å². The molecule has 1 saturated carbocycles. The van der Waals surface area contributed by atoms with E-state index in [2.05, 4.69) is 41.9 Å². The summed E-state index contributed by atoms with van der Waals surface area (Å²) in [6, 6.07) is -1.21. The Labute approximate surface area is 366 Å². The van der Waals surface area contributed by atoms with Crippen molar-refractivity contribution < 1.29 is 46.8 Å². The summed E-state index contributed by atoms with van der Waals surface area (Å²) < 4.78 is 27.4. The van der Waals surface area contributed by atoms with Gasteiger partial charge in [0.05, 0.1) is 23.8 Å². The minimum Gasteiger partial charge on any atom is -0.344 e. The topological polar surface area (TPSA) is 281 Å². The number of anilines is 1. The monoisotopic (exact) mass is 903 g/mol. The molecule has 0 radical (unpaired) electrons. The molecule has 1 aliphatic carbocycles. The van der Waals surface area contributed by atoms with E-state index in [1.807, 2.05) is 20.8 Å². The number of Topliss-reactive ketones (excluding diaryl/α,β-unsaturated/α-hetero) is 1. The SMILES string of the molecule is CC[C@H](NC(=O)[C@H](CC1CCCCC1)NC(=O)[C@@H](NC(=O)[C@H](CC(C)C)NC(=O)c1cnccn1)[C@@H](C)CC)C(=O)C(=O)NCC(=O)NS(=O)(=O)c1ccc(NC(C)=O)cc1Cl. The van der Waals surface area contributed by atoms with E-state index in [-0.39, 0.29) is 47.5 Å². The average molecular weight is 904 g/mol. The normalized spacial score (nSPS) is 15.4. The number of carbonyl (C=O) groups is 8. The fraction of sp³-hybridized carbons (Fsp3) is 0.561. The Morgan fingerprint density at radius 1 is 0.823 bits per heavy atom. The van der Waals surface area contributed by atoms with Crippen molar-refractivity contribution in [2.75, 3.05) is 11.9 Å². The van der Waals surface area contributed by atoms with E-state index in [0.717, 1.165) is 38.2 Å². The molecular weight excluding hydrogens is 846 g/mol. The highest BCUT2D eigenvalue weighted by Gasteiger charge is 2.36. The Balaban J connectivity index is 1.72. The molecule has 7 N–H and O–H groups in total. The van der Waals surface area contributed by atoms with Crippen molar-refractivity contribution in [2.24, 2.45) is 17.8 Å². The molecule has 2 aromatic rings. The van der Waals surface area contributed by atoms with Crippen LogP contribution in [0.3, 0.4) is 0 Å². The zero-order chi connectivity index (χ0) is 46.1. The molecule has 0 spiro atoms. The maximum Gasteiger partial charge on any atom is 0.290 e. The first-order valence-electron chi connectivity index (χ1n) is 20.7. The van der Waals surface area contributed by atoms with Crippen molar-refractivity contribution >= 4 is 74.4 Å². The second-order valence-electron chi connectivity index (χ2n) is 15.8. The van der Waals surface area contributed by atoms with Crippen molar-refractivity contribution in [3.05, 3.63) is 47.5 Å². The molecule has 3 rings (SSSR count). The molecule has 1 fully saturated rings. The lowest BCUT2D eigenvalue weighted by atomic mass is 9.84. The van der Waals surface area contributed by atoms with E-state index in [1.54, 1.807) is 11.6 Å². The number of amides is 7. The number of nitrogens with one attached hydrogen (secondary N) is 7. The van der Waals surface area contributed by atoms with Gasteiger partial charge < -0.3 is 31.9 Å². The van der Waals surface area contributed by atoms with E-state index in [1.165, 1.54) is 44.6 Å². The third kappa shape index (κ3) is 15.8. The maximum absolute atomic E-state index is 14.1. The quantitative estimate of drug-likeness (QED) is 0.0839. The van der Waals surface area contributed by atoms with E-state index in [4.69, 9.17) is 11.6 Å². The lowest BCUT2D eigenvalue weighted by Gasteiger charge is -2.31. The minimum absolute atomic E-state index is 0.00881. The van der Waals surface area contributed by atoms with Gasteiger partial charge >= 0.3 is 0 Å². The number of hydrogen-bond donors (Lipinski definition) is 7. The van der Waals surface area contributed by atoms with E-state index >= 15 is 0 Å². The Bertz CT molecular complexity index is 2050. The van der Waals surface area contributed by atoms with Gasteiger partial charge in [-0.15, -0.1) is 0 Å². The van der Waals surface area contributed by atoms with Gasteiger partial charge in [0.15, 0.2) is 0 Å². The van der Waals surface area contributed by atoms with Gasteiger partial charge in [-0.3, -0.25) is 43.3 Å². The fourth-order valence-corrected chi connectivity index (χ4v) is 8.36. The van der Waals surface area contributed by atoms with Gasteiger partial charge in [-0.05, 0) is 55.2 Å². The summed E-state index contributed by atoms with van der Waals surface area (Å²) in [4.78, 5) is 112. The third-order valence-electron chi connectivity index (χ3n) is 10.3. The molecule has 0 saturated heterocycles. The summed E-state index contributed by atoms with van der Waals surface area (Å²) in [5.41, 5.74) is 0.224. The molecule has 62 heavy (non-hydrogen) atoms. The van der Waals surface area contributed by atoms with Gasteiger partial charge in [0.2, 0.25) is 29.4 Å². The molecule has 21 heteroatoms. The molecule has 7 amide bonds. The maximum atomic E-state index is 14.1. The lowest BCUT2D eigenvalue weighted by Crippen LogP contribution is -2.60. The molecule has 1 heterocycles. The van der Waals surface area contributed by atoms with Crippen LogP contribution in [-0.2, 0) is 43.6 Å². The Hall–Kier alpha value is -5.50. The number of halogens is 1. The predicted octanol–water partition coefficient (Wildman–Crippen LogP) is 2.30. The first kappa shape index (κ1) is 50.9. The van der Waals surface area contributed by atoms with Gasteiger partial charge in [0.25, 0.3) is 27.7 Å². The van der Waals surface area contributed by atoms with Gasteiger partial charge in [0.1, 0.15) is 28.7 Å². The van der Waals surface area contributed by atoms with E-state index in [0.29, 0.717) is 6.42 Å². The molecule has 340 valence electrons. The van der Waals surface area contributed by atoms with Crippen LogP contribution < -0.4 is 36.6 Å². The molecule has 0 unspecified atom stereocenters. The number of ketones is 1. The number of sulfonamides is 1. The highest BCUT2D eigenvalue weighted by Crippen LogP contribution is 2.28. The van der Waals surface area contributed by atoms with Crippen LogP contribution in [0.15, 0.2) is 41.7 Å². The highest BCUT2D eigenvalue weighted by molar-refractivity contribution is 7.90. The Morgan fingerprint density at radius 2 is 1.48 bits per heavy atom. The number of hydrogen-bond acceptors (Lipinski definition) is 12. The molecule has 1 aromatic carbocycles. The van der Waals surface area contributed by atoms with Gasteiger partial charge in [-0.1, -0.05) is 84.7 Å². The molecule has 19 nitrogen and oxygen atoms in total. The summed E-state index contributed by atoms with van der Waals surface area (Å²) in [7, 11) is -4.53. The first-order chi connectivity index (χ1) is 29.3. The average Bonchev–Trinajstić information content (AvgIpc) is 3.22. The molecule has 1 aliphatic rings. The molecule has 1 aromatic heterocycles. The number of nitrogens with zero attached hydrogens (tertiary/aromatic N) is 2. The van der Waals surface area contributed by atoms with E-state index in [9.17, 15) is 46.8 Å². The standard InChI is InChI=1S/C41H58ClN9O10S/c1-7-24(5)35(50-38(56)30(18-23(3)4)48-39(57)32-21-43-16-17-44-32)40(58)49-31(19-26-12-10-9-11-13-26)37(55)47-29(8-2)36(54)41(59)45-22-34(53)51-62(60,61)33-15-14-27(20-28(33)42)46-25(6)52/h14-17,20-21,23-24,26,29-31,35H,7-13,18-19,22H2,1-6H3,(H,45,59)(H,46,52)(H,47,55)(H,48,57)(H,49,58)(H,50,56)(H,51,53)/t24-,29-,30-,31-,35-/m0/s1. The fourth-order valence-electron chi connectivity index (χ4n) is 6.83. The lowest BCUT2D eigenvalue weighted by molar-refractivity contribution is -0.141. The molecule has 0 aliphatic heterocycles. The predicted molar refractivity (Wildman–Crippen MR) is 229 cm³/mol. The van der Waals surface area contributed by atoms with Crippen LogP contribution in [0.1, 0.15) is 110 Å². The second-order valence-corrected chi connectivity index (χ2v) is 17.8. The van der Waals surface area contributed by atoms with Crippen molar-refractivity contribution in [1.82, 2.24) is 41.3 Å². The number of aromatic nitrogens is 2. The van der Waals surface area contributed by atoms with E-state index < -0.39 is 98.7 Å². The smallest absolute Gasteiger partial charge is 0.290 e. The summed E-state index contributed by atoms with van der Waals surface area (Å²) in [6.07, 6.45) is 9.38. The van der Waals surface area contributed by atoms with Crippen LogP contribution in [0.25, 0.3) is 0 Å². The number of carbonyl (C=O) groups excluding carboxylic acids is 8. The van der Waals surface area contributed by atoms with Gasteiger partial charge in [-0.2, -0.15) is 0 Å². The second kappa shape index (κ2) is 24.2. The van der Waals surface area contributed by atoms with Crippen molar-refractivity contribution in [3.8, 4) is 0 Å². The largest absolute Gasteiger partial charge is 0.344 e. The summed E-state index contributed by atoms with van der Waals surface area (Å²) in [5, 5.41) is 15.1. The van der Waals surface area contributed by atoms with Crippen LogP contribution in [0.4, 0.5) is 5.69 Å².